The molecule has 0 aliphatic rings. The summed E-state index contributed by atoms with van der Waals surface area (Å²) in [5, 5.41) is 15.7. The predicted octanol–water partition coefficient (Wildman–Crippen LogP) is 13.0. The minimum absolute atomic E-state index is 1.23. The molecule has 0 aromatic heterocycles. The lowest BCUT2D eigenvalue weighted by Gasteiger charge is -2.19. The number of fused-ring (bicyclic) bond motifs is 4. The second-order valence-corrected chi connectivity index (χ2v) is 12.4. The van der Waals surface area contributed by atoms with Crippen molar-refractivity contribution in [2.24, 2.45) is 0 Å². The van der Waals surface area contributed by atoms with Crippen LogP contribution >= 0.6 is 0 Å². The summed E-state index contributed by atoms with van der Waals surface area (Å²) in [6.45, 7) is 0. The number of hydrogen-bond donors (Lipinski definition) is 0. The number of hydrogen-bond acceptors (Lipinski definition) is 0. The molecule has 0 N–H and O–H groups in total. The van der Waals surface area contributed by atoms with Gasteiger partial charge in [0.05, 0.1) is 0 Å². The minimum Gasteiger partial charge on any atom is -0.0622 e. The smallest absolute Gasteiger partial charge is 0.00141 e. The molecule has 10 aromatic carbocycles. The second kappa shape index (κ2) is 9.76. The average Bonchev–Trinajstić information content (AvgIpc) is 3.13. The van der Waals surface area contributed by atoms with Gasteiger partial charge < -0.3 is 0 Å². The van der Waals surface area contributed by atoms with Crippen LogP contribution in [-0.2, 0) is 0 Å². The molecule has 0 heterocycles. The highest BCUT2D eigenvalue weighted by Crippen LogP contribution is 2.47. The Bertz CT molecular complexity index is 2700. The molecule has 0 bridgehead atoms. The van der Waals surface area contributed by atoms with Crippen molar-refractivity contribution < 1.29 is 0 Å². The van der Waals surface area contributed by atoms with E-state index >= 15 is 0 Å². The van der Waals surface area contributed by atoms with Crippen LogP contribution in [0, 0.1) is 0 Å². The fourth-order valence-electron chi connectivity index (χ4n) is 8.07. The Kier molecular flexibility index (Phi) is 5.38. The van der Waals surface area contributed by atoms with E-state index in [9.17, 15) is 0 Å². The van der Waals surface area contributed by atoms with Crippen molar-refractivity contribution in [3.63, 3.8) is 0 Å². The van der Waals surface area contributed by atoms with Gasteiger partial charge in [0, 0.05) is 0 Å². The molecule has 0 saturated heterocycles. The number of benzene rings is 10. The largest absolute Gasteiger partial charge is 0.0622 e. The third kappa shape index (κ3) is 3.56. The Labute approximate surface area is 267 Å². The van der Waals surface area contributed by atoms with Crippen LogP contribution in [0.25, 0.3) is 98.0 Å². The molecule has 212 valence electrons. The van der Waals surface area contributed by atoms with E-state index in [4.69, 9.17) is 0 Å². The molecule has 0 fully saturated rings. The lowest BCUT2D eigenvalue weighted by molar-refractivity contribution is 1.64. The fraction of sp³-hybridized carbons (Fsp3) is 0. The normalized spacial score (nSPS) is 11.9. The molecule has 10 rings (SSSR count). The van der Waals surface area contributed by atoms with Crippen molar-refractivity contribution in [3.8, 4) is 33.4 Å². The van der Waals surface area contributed by atoms with E-state index in [2.05, 4.69) is 170 Å². The standard InChI is InChI=1S/C46H28/c1-2-11-29(12-3-1)43-36-17-6-8-19-38(36)44(39-20-9-7-18-37(39)43)32-21-23-33(24-22-32)45-35-16-5-4-15-34(35)40-27-25-30-13-10-14-31-26-28-41(45)46(40)42(30)31/h1-28H. The maximum absolute atomic E-state index is 2.34. The van der Waals surface area contributed by atoms with Crippen LogP contribution in [0.2, 0.25) is 0 Å². The summed E-state index contributed by atoms with van der Waals surface area (Å²) in [5.74, 6) is 0. The Balaban J connectivity index is 1.24. The average molecular weight is 581 g/mol. The molecular weight excluding hydrogens is 553 g/mol. The van der Waals surface area contributed by atoms with Crippen LogP contribution in [0.4, 0.5) is 0 Å². The first-order valence-electron chi connectivity index (χ1n) is 16.0. The van der Waals surface area contributed by atoms with E-state index in [1.807, 2.05) is 0 Å². The summed E-state index contributed by atoms with van der Waals surface area (Å²) in [4.78, 5) is 0. The molecule has 0 heteroatoms. The number of rotatable bonds is 3. The van der Waals surface area contributed by atoms with Gasteiger partial charge >= 0.3 is 0 Å². The lowest BCUT2D eigenvalue weighted by Crippen LogP contribution is -1.92. The van der Waals surface area contributed by atoms with Crippen molar-refractivity contribution in [3.05, 3.63) is 170 Å². The quantitative estimate of drug-likeness (QED) is 0.144. The molecule has 0 aliphatic heterocycles. The Morgan fingerprint density at radius 1 is 0.196 bits per heavy atom. The van der Waals surface area contributed by atoms with Crippen LogP contribution in [0.5, 0.6) is 0 Å². The Morgan fingerprint density at radius 3 is 1.11 bits per heavy atom. The molecule has 0 unspecified atom stereocenters. The topological polar surface area (TPSA) is 0 Å². The van der Waals surface area contributed by atoms with E-state index in [1.165, 1.54) is 98.0 Å². The summed E-state index contributed by atoms with van der Waals surface area (Å²) in [6.07, 6.45) is 0. The van der Waals surface area contributed by atoms with Gasteiger partial charge in [0.15, 0.2) is 0 Å². The molecule has 0 spiro atoms. The van der Waals surface area contributed by atoms with Gasteiger partial charge in [0.25, 0.3) is 0 Å². The van der Waals surface area contributed by atoms with Crippen LogP contribution in [0.1, 0.15) is 0 Å². The summed E-state index contributed by atoms with van der Waals surface area (Å²) in [7, 11) is 0. The second-order valence-electron chi connectivity index (χ2n) is 12.4. The van der Waals surface area contributed by atoms with Crippen LogP contribution in [0.15, 0.2) is 170 Å². The first kappa shape index (κ1) is 25.4. The van der Waals surface area contributed by atoms with Gasteiger partial charge in [-0.05, 0) is 98.0 Å². The molecule has 0 aliphatic carbocycles. The molecule has 0 amide bonds. The SMILES string of the molecule is c1ccc(-c2c3ccccc3c(-c3ccc(-c4c5ccccc5c5ccc6cccc7ccc4c5c76)cc3)c3ccccc23)cc1. The highest BCUT2D eigenvalue weighted by atomic mass is 14.2. The van der Waals surface area contributed by atoms with Gasteiger partial charge in [-0.25, -0.2) is 0 Å². The van der Waals surface area contributed by atoms with Crippen molar-refractivity contribution in [1.29, 1.82) is 0 Å². The third-order valence-corrected chi connectivity index (χ3v) is 9.99. The minimum atomic E-state index is 1.23. The van der Waals surface area contributed by atoms with Crippen molar-refractivity contribution >= 4 is 64.6 Å². The predicted molar refractivity (Wildman–Crippen MR) is 199 cm³/mol. The van der Waals surface area contributed by atoms with Gasteiger partial charge in [-0.1, -0.05) is 170 Å². The first-order valence-corrected chi connectivity index (χ1v) is 16.0. The molecule has 46 heavy (non-hydrogen) atoms. The molecule has 0 nitrogen and oxygen atoms in total. The Morgan fingerprint density at radius 2 is 0.587 bits per heavy atom. The summed E-state index contributed by atoms with van der Waals surface area (Å²) >= 11 is 0. The van der Waals surface area contributed by atoms with E-state index in [0.717, 1.165) is 0 Å². The fourth-order valence-corrected chi connectivity index (χ4v) is 8.07. The third-order valence-electron chi connectivity index (χ3n) is 9.99. The summed E-state index contributed by atoms with van der Waals surface area (Å²) in [6, 6.07) is 62.7. The molecule has 10 aromatic rings. The highest BCUT2D eigenvalue weighted by molar-refractivity contribution is 6.33. The van der Waals surface area contributed by atoms with Gasteiger partial charge in [-0.15, -0.1) is 0 Å². The van der Waals surface area contributed by atoms with Gasteiger partial charge in [0.1, 0.15) is 0 Å². The van der Waals surface area contributed by atoms with Crippen LogP contribution in [0.3, 0.4) is 0 Å². The van der Waals surface area contributed by atoms with Gasteiger partial charge in [-0.3, -0.25) is 0 Å². The zero-order valence-corrected chi connectivity index (χ0v) is 25.2. The van der Waals surface area contributed by atoms with E-state index < -0.39 is 0 Å². The zero-order chi connectivity index (χ0) is 30.2. The molecular formula is C46H28. The lowest BCUT2D eigenvalue weighted by atomic mass is 9.84. The van der Waals surface area contributed by atoms with Crippen LogP contribution in [-0.4, -0.2) is 0 Å². The molecule has 0 atom stereocenters. The zero-order valence-electron chi connectivity index (χ0n) is 25.2. The molecule has 0 radical (unpaired) electrons. The molecule has 0 saturated carbocycles. The summed E-state index contributed by atoms with van der Waals surface area (Å²) in [5.41, 5.74) is 7.62. The van der Waals surface area contributed by atoms with Gasteiger partial charge in [0.2, 0.25) is 0 Å². The van der Waals surface area contributed by atoms with Crippen molar-refractivity contribution in [1.82, 2.24) is 0 Å². The van der Waals surface area contributed by atoms with Crippen molar-refractivity contribution in [2.45, 2.75) is 0 Å². The van der Waals surface area contributed by atoms with Gasteiger partial charge in [-0.2, -0.15) is 0 Å². The van der Waals surface area contributed by atoms with Crippen molar-refractivity contribution in [2.75, 3.05) is 0 Å². The highest BCUT2D eigenvalue weighted by Gasteiger charge is 2.19. The maximum Gasteiger partial charge on any atom is -0.00141 e. The first-order chi connectivity index (χ1) is 22.8. The Hall–Kier alpha value is -5.98. The van der Waals surface area contributed by atoms with E-state index in [-0.39, 0.29) is 0 Å². The summed E-state index contributed by atoms with van der Waals surface area (Å²) < 4.78 is 0. The monoisotopic (exact) mass is 580 g/mol. The van der Waals surface area contributed by atoms with E-state index in [1.54, 1.807) is 0 Å². The van der Waals surface area contributed by atoms with Crippen LogP contribution < -0.4 is 0 Å². The van der Waals surface area contributed by atoms with E-state index in [0.29, 0.717) is 0 Å². The maximum atomic E-state index is 2.34.